The summed E-state index contributed by atoms with van der Waals surface area (Å²) >= 11 is 0. The fourth-order valence-corrected chi connectivity index (χ4v) is 6.55. The molecule has 0 saturated carbocycles. The highest BCUT2D eigenvalue weighted by atomic mass is 32.2. The highest BCUT2D eigenvalue weighted by molar-refractivity contribution is 7.89. The summed E-state index contributed by atoms with van der Waals surface area (Å²) in [6, 6.07) is 17.2. The van der Waals surface area contributed by atoms with Crippen molar-refractivity contribution in [3.05, 3.63) is 71.8 Å². The van der Waals surface area contributed by atoms with Crippen molar-refractivity contribution in [3.63, 3.8) is 0 Å². The second-order valence-corrected chi connectivity index (χ2v) is 11.8. The summed E-state index contributed by atoms with van der Waals surface area (Å²) in [5, 5.41) is 6.92. The van der Waals surface area contributed by atoms with Crippen LogP contribution < -0.4 is 15.4 Å². The molecule has 3 aromatic carbocycles. The standard InChI is InChI=1S/C28H34N4O4S/c1-5-29-27(34)32-17-16-25(28(3,4)18-32)31-37(35,36)24-15-14-23(21-12-8-9-13-22(21)24)30-26(33)20-11-7-6-10-19(20)2/h6-15,25,31H,5,16-18H2,1-4H3,(H,29,34)(H,30,33)/t25-/m0/s1. The number of fused-ring (bicyclic) bond motifs is 1. The maximum absolute atomic E-state index is 13.6. The number of sulfonamides is 1. The van der Waals surface area contributed by atoms with Gasteiger partial charge in [0.1, 0.15) is 0 Å². The van der Waals surface area contributed by atoms with Gasteiger partial charge >= 0.3 is 6.03 Å². The number of carbonyl (C=O) groups is 2. The van der Waals surface area contributed by atoms with Crippen LogP contribution in [-0.4, -0.2) is 50.9 Å². The fourth-order valence-electron chi connectivity index (χ4n) is 4.89. The molecular weight excluding hydrogens is 488 g/mol. The molecule has 0 aromatic heterocycles. The number of carbonyl (C=O) groups excluding carboxylic acids is 2. The maximum atomic E-state index is 13.6. The number of piperidine rings is 1. The Bertz CT molecular complexity index is 1440. The maximum Gasteiger partial charge on any atom is 0.317 e. The molecule has 1 aliphatic heterocycles. The van der Waals surface area contributed by atoms with Gasteiger partial charge < -0.3 is 15.5 Å². The zero-order chi connectivity index (χ0) is 26.8. The second-order valence-electron chi connectivity index (χ2n) is 10.1. The normalized spacial score (nSPS) is 17.4. The predicted molar refractivity (Wildman–Crippen MR) is 146 cm³/mol. The molecule has 8 nitrogen and oxygen atoms in total. The third kappa shape index (κ3) is 5.62. The fraction of sp³-hybridized carbons (Fsp3) is 0.357. The molecule has 1 fully saturated rings. The molecule has 0 unspecified atom stereocenters. The molecule has 1 heterocycles. The lowest BCUT2D eigenvalue weighted by atomic mass is 9.80. The lowest BCUT2D eigenvalue weighted by Gasteiger charge is -2.44. The molecule has 0 bridgehead atoms. The van der Waals surface area contributed by atoms with Gasteiger partial charge in [0.05, 0.1) is 4.90 Å². The minimum atomic E-state index is -3.89. The molecule has 0 aliphatic carbocycles. The number of aryl methyl sites for hydroxylation is 1. The van der Waals surface area contributed by atoms with Gasteiger partial charge in [-0.3, -0.25) is 4.79 Å². The van der Waals surface area contributed by atoms with E-state index in [2.05, 4.69) is 15.4 Å². The number of benzene rings is 3. The van der Waals surface area contributed by atoms with Crippen LogP contribution >= 0.6 is 0 Å². The number of nitrogens with zero attached hydrogens (tertiary/aromatic N) is 1. The van der Waals surface area contributed by atoms with Crippen LogP contribution in [0.5, 0.6) is 0 Å². The summed E-state index contributed by atoms with van der Waals surface area (Å²) in [6.07, 6.45) is 0.506. The Hall–Kier alpha value is -3.43. The lowest BCUT2D eigenvalue weighted by molar-refractivity contribution is 0.102. The van der Waals surface area contributed by atoms with Gasteiger partial charge in [0.2, 0.25) is 10.0 Å². The van der Waals surface area contributed by atoms with Crippen LogP contribution in [0, 0.1) is 12.3 Å². The highest BCUT2D eigenvalue weighted by Crippen LogP contribution is 2.33. The highest BCUT2D eigenvalue weighted by Gasteiger charge is 2.40. The smallest absolute Gasteiger partial charge is 0.317 e. The van der Waals surface area contributed by atoms with Gasteiger partial charge in [-0.2, -0.15) is 0 Å². The van der Waals surface area contributed by atoms with Gasteiger partial charge in [0.15, 0.2) is 0 Å². The van der Waals surface area contributed by atoms with E-state index >= 15 is 0 Å². The van der Waals surface area contributed by atoms with Crippen LogP contribution in [0.1, 0.15) is 43.1 Å². The summed E-state index contributed by atoms with van der Waals surface area (Å²) in [7, 11) is -3.89. The summed E-state index contributed by atoms with van der Waals surface area (Å²) in [4.78, 5) is 27.1. The second kappa shape index (κ2) is 10.5. The van der Waals surface area contributed by atoms with Crippen LogP contribution in [-0.2, 0) is 10.0 Å². The van der Waals surface area contributed by atoms with Crippen LogP contribution in [0.2, 0.25) is 0 Å². The summed E-state index contributed by atoms with van der Waals surface area (Å²) < 4.78 is 30.2. The summed E-state index contributed by atoms with van der Waals surface area (Å²) in [5.74, 6) is -0.252. The molecule has 0 spiro atoms. The topological polar surface area (TPSA) is 108 Å². The predicted octanol–water partition coefficient (Wildman–Crippen LogP) is 4.51. The zero-order valence-corrected chi connectivity index (χ0v) is 22.5. The van der Waals surface area contributed by atoms with Crippen molar-refractivity contribution in [3.8, 4) is 0 Å². The third-order valence-corrected chi connectivity index (χ3v) is 8.48. The van der Waals surface area contributed by atoms with E-state index in [9.17, 15) is 18.0 Å². The van der Waals surface area contributed by atoms with E-state index in [1.807, 2.05) is 52.0 Å². The van der Waals surface area contributed by atoms with Crippen LogP contribution in [0.15, 0.2) is 65.6 Å². The summed E-state index contributed by atoms with van der Waals surface area (Å²) in [6.45, 7) is 9.12. The van der Waals surface area contributed by atoms with Crippen molar-refractivity contribution in [2.75, 3.05) is 25.0 Å². The van der Waals surface area contributed by atoms with E-state index in [4.69, 9.17) is 0 Å². The van der Waals surface area contributed by atoms with Crippen molar-refractivity contribution >= 4 is 38.4 Å². The Morgan fingerprint density at radius 1 is 1.00 bits per heavy atom. The van der Waals surface area contributed by atoms with Crippen molar-refractivity contribution < 1.29 is 18.0 Å². The average molecular weight is 523 g/mol. The van der Waals surface area contributed by atoms with Gasteiger partial charge in [-0.05, 0) is 49.4 Å². The number of likely N-dealkylation sites (tertiary alicyclic amines) is 1. The quantitative estimate of drug-likeness (QED) is 0.443. The molecule has 4 rings (SSSR count). The molecule has 1 saturated heterocycles. The van der Waals surface area contributed by atoms with Gasteiger partial charge in [0.25, 0.3) is 5.91 Å². The average Bonchev–Trinajstić information content (AvgIpc) is 2.85. The van der Waals surface area contributed by atoms with Crippen LogP contribution in [0.4, 0.5) is 10.5 Å². The minimum Gasteiger partial charge on any atom is -0.338 e. The number of urea groups is 1. The van der Waals surface area contributed by atoms with Gasteiger partial charge in [-0.25, -0.2) is 17.9 Å². The van der Waals surface area contributed by atoms with E-state index < -0.39 is 15.4 Å². The number of rotatable bonds is 6. The molecular formula is C28H34N4O4S. The Labute approximate surface area is 218 Å². The van der Waals surface area contributed by atoms with Gasteiger partial charge in [0, 0.05) is 47.7 Å². The molecule has 3 aromatic rings. The first kappa shape index (κ1) is 26.6. The lowest BCUT2D eigenvalue weighted by Crippen LogP contribution is -2.58. The van der Waals surface area contributed by atoms with Gasteiger partial charge in [-0.15, -0.1) is 0 Å². The van der Waals surface area contributed by atoms with Crippen LogP contribution in [0.25, 0.3) is 10.8 Å². The van der Waals surface area contributed by atoms with Crippen molar-refractivity contribution in [1.29, 1.82) is 0 Å². The molecule has 3 amide bonds. The Kier molecular flexibility index (Phi) is 7.57. The number of hydrogen-bond donors (Lipinski definition) is 3. The van der Waals surface area contributed by atoms with Crippen molar-refractivity contribution in [2.45, 2.75) is 45.1 Å². The van der Waals surface area contributed by atoms with E-state index in [1.54, 1.807) is 35.2 Å². The van der Waals surface area contributed by atoms with E-state index in [0.29, 0.717) is 48.1 Å². The van der Waals surface area contributed by atoms with E-state index in [0.717, 1.165) is 5.56 Å². The number of hydrogen-bond acceptors (Lipinski definition) is 4. The monoisotopic (exact) mass is 522 g/mol. The molecule has 3 N–H and O–H groups in total. The number of amides is 3. The third-order valence-electron chi connectivity index (χ3n) is 6.95. The molecule has 196 valence electrons. The first-order chi connectivity index (χ1) is 17.5. The molecule has 37 heavy (non-hydrogen) atoms. The van der Waals surface area contributed by atoms with E-state index in [-0.39, 0.29) is 22.9 Å². The van der Waals surface area contributed by atoms with Crippen LogP contribution in [0.3, 0.4) is 0 Å². The minimum absolute atomic E-state index is 0.133. The van der Waals surface area contributed by atoms with E-state index in [1.165, 1.54) is 6.07 Å². The Morgan fingerprint density at radius 2 is 1.68 bits per heavy atom. The largest absolute Gasteiger partial charge is 0.338 e. The SMILES string of the molecule is CCNC(=O)N1CC[C@H](NS(=O)(=O)c2ccc(NC(=O)c3ccccc3C)c3ccccc23)C(C)(C)C1. The molecule has 1 atom stereocenters. The van der Waals surface area contributed by atoms with Crippen molar-refractivity contribution in [1.82, 2.24) is 14.9 Å². The molecule has 0 radical (unpaired) electrons. The summed E-state index contributed by atoms with van der Waals surface area (Å²) in [5.41, 5.74) is 1.49. The van der Waals surface area contributed by atoms with Gasteiger partial charge in [-0.1, -0.05) is 56.3 Å². The Morgan fingerprint density at radius 3 is 2.35 bits per heavy atom. The Balaban J connectivity index is 1.60. The first-order valence-electron chi connectivity index (χ1n) is 12.5. The molecule has 1 aliphatic rings. The molecule has 9 heteroatoms. The van der Waals surface area contributed by atoms with Crippen molar-refractivity contribution in [2.24, 2.45) is 5.41 Å². The number of nitrogens with one attached hydrogen (secondary N) is 3. The zero-order valence-electron chi connectivity index (χ0n) is 21.7. The number of anilines is 1. The first-order valence-corrected chi connectivity index (χ1v) is 14.0.